The van der Waals surface area contributed by atoms with E-state index in [2.05, 4.69) is 18.1 Å². The summed E-state index contributed by atoms with van der Waals surface area (Å²) >= 11 is 0. The molecule has 2 saturated carbocycles. The summed E-state index contributed by atoms with van der Waals surface area (Å²) in [6, 6.07) is 6.05. The summed E-state index contributed by atoms with van der Waals surface area (Å²) in [5.41, 5.74) is 0.381. The molecule has 2 fully saturated rings. The molecule has 0 unspecified atom stereocenters. The fourth-order valence-electron chi connectivity index (χ4n) is 2.93. The Morgan fingerprint density at radius 1 is 1.41 bits per heavy atom. The predicted molar refractivity (Wildman–Crippen MR) is 79.4 cm³/mol. The van der Waals surface area contributed by atoms with Gasteiger partial charge in [0, 0.05) is 18.0 Å². The first-order chi connectivity index (χ1) is 10.6. The zero-order valence-electron chi connectivity index (χ0n) is 12.9. The second-order valence-corrected chi connectivity index (χ2v) is 6.61. The molecule has 2 aromatic rings. The SMILES string of the molecule is Cc1cc(C(=O)N(Cc2ccc([C@H]3C[C@H]3C)o2)C2CC2)no1. The molecule has 0 bridgehead atoms. The van der Waals surface area contributed by atoms with Crippen LogP contribution >= 0.6 is 0 Å². The molecule has 2 aromatic heterocycles. The van der Waals surface area contributed by atoms with Gasteiger partial charge in [0.05, 0.1) is 6.54 Å². The highest BCUT2D eigenvalue weighted by molar-refractivity contribution is 5.92. The minimum atomic E-state index is -0.0721. The number of nitrogens with zero attached hydrogens (tertiary/aromatic N) is 2. The van der Waals surface area contributed by atoms with Gasteiger partial charge in [-0.15, -0.1) is 0 Å². The lowest BCUT2D eigenvalue weighted by Crippen LogP contribution is -2.32. The number of rotatable bonds is 5. The van der Waals surface area contributed by atoms with E-state index in [0.717, 1.165) is 30.3 Å². The van der Waals surface area contributed by atoms with Crippen LogP contribution in [0.25, 0.3) is 0 Å². The third-order valence-electron chi connectivity index (χ3n) is 4.58. The highest BCUT2D eigenvalue weighted by Crippen LogP contribution is 2.47. The van der Waals surface area contributed by atoms with Crippen LogP contribution in [-0.2, 0) is 6.54 Å². The number of furan rings is 1. The van der Waals surface area contributed by atoms with Gasteiger partial charge in [-0.2, -0.15) is 0 Å². The van der Waals surface area contributed by atoms with Crippen molar-refractivity contribution in [1.29, 1.82) is 0 Å². The van der Waals surface area contributed by atoms with Gasteiger partial charge in [-0.1, -0.05) is 12.1 Å². The van der Waals surface area contributed by atoms with Crippen molar-refractivity contribution in [2.24, 2.45) is 5.92 Å². The van der Waals surface area contributed by atoms with Crippen molar-refractivity contribution in [3.05, 3.63) is 41.2 Å². The number of aromatic nitrogens is 1. The molecule has 4 rings (SSSR count). The highest BCUT2D eigenvalue weighted by Gasteiger charge is 2.38. The van der Waals surface area contributed by atoms with Crippen LogP contribution in [0.4, 0.5) is 0 Å². The zero-order valence-corrected chi connectivity index (χ0v) is 12.9. The number of amides is 1. The third kappa shape index (κ3) is 2.56. The van der Waals surface area contributed by atoms with Crippen LogP contribution in [-0.4, -0.2) is 22.0 Å². The maximum absolute atomic E-state index is 12.6. The summed E-state index contributed by atoms with van der Waals surface area (Å²) in [6.07, 6.45) is 3.31. The first kappa shape index (κ1) is 13.6. The average Bonchev–Trinajstić information content (AvgIpc) is 3.37. The van der Waals surface area contributed by atoms with E-state index in [0.29, 0.717) is 30.0 Å². The molecule has 1 amide bonds. The molecule has 2 aliphatic carbocycles. The van der Waals surface area contributed by atoms with Crippen LogP contribution in [0.2, 0.25) is 0 Å². The van der Waals surface area contributed by atoms with Crippen LogP contribution in [0.5, 0.6) is 0 Å². The van der Waals surface area contributed by atoms with E-state index in [1.54, 1.807) is 13.0 Å². The monoisotopic (exact) mass is 300 g/mol. The van der Waals surface area contributed by atoms with Crippen molar-refractivity contribution >= 4 is 5.91 Å². The molecule has 0 spiro atoms. The van der Waals surface area contributed by atoms with Crippen LogP contribution in [0.15, 0.2) is 27.1 Å². The van der Waals surface area contributed by atoms with Crippen molar-refractivity contribution in [3.8, 4) is 0 Å². The molecule has 5 heteroatoms. The summed E-state index contributed by atoms with van der Waals surface area (Å²) in [5, 5.41) is 3.84. The molecule has 0 radical (unpaired) electrons. The van der Waals surface area contributed by atoms with E-state index in [1.165, 1.54) is 6.42 Å². The summed E-state index contributed by atoms with van der Waals surface area (Å²) < 4.78 is 11.0. The second-order valence-electron chi connectivity index (χ2n) is 6.61. The van der Waals surface area contributed by atoms with Crippen LogP contribution < -0.4 is 0 Å². The molecule has 0 aromatic carbocycles. The second kappa shape index (κ2) is 5.00. The van der Waals surface area contributed by atoms with Gasteiger partial charge in [0.2, 0.25) is 0 Å². The third-order valence-corrected chi connectivity index (χ3v) is 4.58. The minimum Gasteiger partial charge on any atom is -0.464 e. The molecule has 116 valence electrons. The Labute approximate surface area is 129 Å². The molecule has 2 atom stereocenters. The Morgan fingerprint density at radius 3 is 2.77 bits per heavy atom. The van der Waals surface area contributed by atoms with Gasteiger partial charge in [-0.3, -0.25) is 4.79 Å². The number of aryl methyl sites for hydroxylation is 1. The maximum Gasteiger partial charge on any atom is 0.276 e. The molecule has 2 aliphatic rings. The molecular formula is C17H20N2O3. The number of carbonyl (C=O) groups is 1. The Kier molecular flexibility index (Phi) is 3.10. The van der Waals surface area contributed by atoms with Gasteiger partial charge in [-0.25, -0.2) is 0 Å². The molecule has 0 N–H and O–H groups in total. The van der Waals surface area contributed by atoms with E-state index in [9.17, 15) is 4.79 Å². The smallest absolute Gasteiger partial charge is 0.276 e. The van der Waals surface area contributed by atoms with E-state index < -0.39 is 0 Å². The Balaban J connectivity index is 1.50. The van der Waals surface area contributed by atoms with Gasteiger partial charge in [0.25, 0.3) is 5.91 Å². The van der Waals surface area contributed by atoms with Gasteiger partial charge in [0.15, 0.2) is 5.69 Å². The minimum absolute atomic E-state index is 0.0721. The highest BCUT2D eigenvalue weighted by atomic mass is 16.5. The van der Waals surface area contributed by atoms with E-state index in [1.807, 2.05) is 11.0 Å². The summed E-state index contributed by atoms with van der Waals surface area (Å²) in [6.45, 7) is 4.54. The normalized spacial score (nSPS) is 23.5. The fraction of sp³-hybridized carbons (Fsp3) is 0.529. The van der Waals surface area contributed by atoms with Crippen LogP contribution in [0.3, 0.4) is 0 Å². The van der Waals surface area contributed by atoms with E-state index in [4.69, 9.17) is 8.94 Å². The quantitative estimate of drug-likeness (QED) is 0.848. The predicted octanol–water partition coefficient (Wildman–Crippen LogP) is 3.50. The summed E-state index contributed by atoms with van der Waals surface area (Å²) in [7, 11) is 0. The van der Waals surface area contributed by atoms with Gasteiger partial charge >= 0.3 is 0 Å². The summed E-state index contributed by atoms with van der Waals surface area (Å²) in [5.74, 6) is 3.78. The summed E-state index contributed by atoms with van der Waals surface area (Å²) in [4.78, 5) is 14.5. The van der Waals surface area contributed by atoms with Crippen molar-refractivity contribution in [1.82, 2.24) is 10.1 Å². The topological polar surface area (TPSA) is 59.5 Å². The number of hydrogen-bond donors (Lipinski definition) is 0. The van der Waals surface area contributed by atoms with Gasteiger partial charge in [0.1, 0.15) is 17.3 Å². The zero-order chi connectivity index (χ0) is 15.3. The largest absolute Gasteiger partial charge is 0.464 e. The fourth-order valence-corrected chi connectivity index (χ4v) is 2.93. The van der Waals surface area contributed by atoms with E-state index in [-0.39, 0.29) is 5.91 Å². The standard InChI is InChI=1S/C17H20N2O3/c1-10-7-14(10)16-6-5-13(21-16)9-19(12-3-4-12)17(20)15-8-11(2)22-18-15/h5-6,8,10,12,14H,3-4,7,9H2,1-2H3/t10-,14+/m1/s1. The van der Waals surface area contributed by atoms with Crippen molar-refractivity contribution in [2.45, 2.75) is 51.6 Å². The number of carbonyl (C=O) groups excluding carboxylic acids is 1. The Morgan fingerprint density at radius 2 is 2.18 bits per heavy atom. The first-order valence-corrected chi connectivity index (χ1v) is 7.94. The van der Waals surface area contributed by atoms with Crippen LogP contribution in [0, 0.1) is 12.8 Å². The number of hydrogen-bond acceptors (Lipinski definition) is 4. The average molecular weight is 300 g/mol. The lowest BCUT2D eigenvalue weighted by Gasteiger charge is -2.19. The maximum atomic E-state index is 12.6. The molecule has 0 aliphatic heterocycles. The van der Waals surface area contributed by atoms with Crippen molar-refractivity contribution < 1.29 is 13.7 Å². The molecule has 5 nitrogen and oxygen atoms in total. The molecule has 22 heavy (non-hydrogen) atoms. The lowest BCUT2D eigenvalue weighted by atomic mass is 10.2. The van der Waals surface area contributed by atoms with Crippen molar-refractivity contribution in [2.75, 3.05) is 0 Å². The van der Waals surface area contributed by atoms with Gasteiger partial charge in [-0.05, 0) is 44.2 Å². The van der Waals surface area contributed by atoms with Gasteiger partial charge < -0.3 is 13.8 Å². The Bertz CT molecular complexity index is 698. The molecule has 2 heterocycles. The van der Waals surface area contributed by atoms with Crippen LogP contribution in [0.1, 0.15) is 59.9 Å². The lowest BCUT2D eigenvalue weighted by molar-refractivity contribution is 0.0706. The van der Waals surface area contributed by atoms with Crippen molar-refractivity contribution in [3.63, 3.8) is 0 Å². The Hall–Kier alpha value is -2.04. The van der Waals surface area contributed by atoms with E-state index >= 15 is 0 Å². The molecule has 0 saturated heterocycles. The first-order valence-electron chi connectivity index (χ1n) is 7.94. The molecular weight excluding hydrogens is 280 g/mol.